The fraction of sp³-hybridized carbons (Fsp3) is 0.158. The molecule has 2 aromatic carbocycles. The molecule has 0 unspecified atom stereocenters. The molecule has 0 aliphatic heterocycles. The van der Waals surface area contributed by atoms with Gasteiger partial charge in [-0.3, -0.25) is 0 Å². The third-order valence-corrected chi connectivity index (χ3v) is 4.37. The first-order valence-electron chi connectivity index (χ1n) is 7.50. The van der Waals surface area contributed by atoms with Crippen molar-refractivity contribution in [2.75, 3.05) is 6.26 Å². The number of hydrogen-bond acceptors (Lipinski definition) is 5. The fourth-order valence-electron chi connectivity index (χ4n) is 2.26. The summed E-state index contributed by atoms with van der Waals surface area (Å²) in [5.74, 6) is 0.297. The molecule has 122 valence electrons. The van der Waals surface area contributed by atoms with E-state index in [-0.39, 0.29) is 12.6 Å². The minimum absolute atomic E-state index is 0.0803. The van der Waals surface area contributed by atoms with Crippen LogP contribution in [0.5, 0.6) is 0 Å². The maximum atomic E-state index is 12.2. The number of carbonyl (C=O) groups is 1. The van der Waals surface area contributed by atoms with Crippen LogP contribution < -0.4 is 0 Å². The van der Waals surface area contributed by atoms with Crippen LogP contribution in [-0.4, -0.2) is 17.4 Å². The lowest BCUT2D eigenvalue weighted by atomic mass is 10.1. The number of thioether (sulfide) groups is 1. The van der Waals surface area contributed by atoms with Crippen LogP contribution in [0.1, 0.15) is 21.6 Å². The normalized spacial score (nSPS) is 10.6. The zero-order chi connectivity index (χ0) is 16.9. The van der Waals surface area contributed by atoms with Crippen molar-refractivity contribution in [1.29, 1.82) is 0 Å². The van der Waals surface area contributed by atoms with Crippen molar-refractivity contribution in [3.63, 3.8) is 0 Å². The van der Waals surface area contributed by atoms with E-state index >= 15 is 0 Å². The average molecular weight is 339 g/mol. The lowest BCUT2D eigenvalue weighted by molar-refractivity contribution is 0.0460. The van der Waals surface area contributed by atoms with Crippen molar-refractivity contribution in [2.24, 2.45) is 0 Å². The molecule has 0 bridgehead atoms. The number of hydrogen-bond donors (Lipinski definition) is 0. The number of esters is 1. The summed E-state index contributed by atoms with van der Waals surface area (Å²) in [6.07, 6.45) is 1.93. The van der Waals surface area contributed by atoms with Gasteiger partial charge in [-0.25, -0.2) is 4.79 Å². The summed E-state index contributed by atoms with van der Waals surface area (Å²) in [7, 11) is 0. The quantitative estimate of drug-likeness (QED) is 0.497. The molecule has 0 spiro atoms. The summed E-state index contributed by atoms with van der Waals surface area (Å²) in [6.45, 7) is 2.11. The van der Waals surface area contributed by atoms with Gasteiger partial charge >= 0.3 is 5.97 Å². The number of rotatable bonds is 5. The number of ether oxygens (including phenoxy) is 1. The largest absolute Gasteiger partial charge is 0.455 e. The number of nitrogens with zero attached hydrogens (tertiary/aromatic N) is 1. The van der Waals surface area contributed by atoms with E-state index in [1.165, 1.54) is 17.3 Å². The van der Waals surface area contributed by atoms with Gasteiger partial charge in [0.2, 0.25) is 0 Å². The Bertz CT molecular complexity index is 840. The fourth-order valence-corrected chi connectivity index (χ4v) is 2.85. The van der Waals surface area contributed by atoms with Gasteiger partial charge in [0.05, 0.1) is 5.56 Å². The van der Waals surface area contributed by atoms with E-state index in [0.717, 1.165) is 10.5 Å². The number of carbonyl (C=O) groups excluding carboxylic acids is 1. The molecule has 0 N–H and O–H groups in total. The summed E-state index contributed by atoms with van der Waals surface area (Å²) < 4.78 is 10.7. The van der Waals surface area contributed by atoms with Crippen molar-refractivity contribution < 1.29 is 14.1 Å². The first-order valence-corrected chi connectivity index (χ1v) is 8.72. The Morgan fingerprint density at radius 2 is 1.92 bits per heavy atom. The van der Waals surface area contributed by atoms with Crippen LogP contribution in [0.4, 0.5) is 0 Å². The van der Waals surface area contributed by atoms with Crippen molar-refractivity contribution in [1.82, 2.24) is 5.16 Å². The average Bonchev–Trinajstić information content (AvgIpc) is 3.09. The Morgan fingerprint density at radius 3 is 2.67 bits per heavy atom. The third-order valence-electron chi connectivity index (χ3n) is 3.57. The van der Waals surface area contributed by atoms with Gasteiger partial charge in [-0.15, -0.1) is 11.8 Å². The first-order chi connectivity index (χ1) is 11.7. The number of aromatic nitrogens is 1. The van der Waals surface area contributed by atoms with Crippen LogP contribution >= 0.6 is 11.8 Å². The molecule has 0 amide bonds. The summed E-state index contributed by atoms with van der Waals surface area (Å²) >= 11 is 1.51. The van der Waals surface area contributed by atoms with E-state index in [9.17, 15) is 4.79 Å². The van der Waals surface area contributed by atoms with E-state index < -0.39 is 0 Å². The molecule has 0 fully saturated rings. The van der Waals surface area contributed by atoms with Crippen molar-refractivity contribution in [2.45, 2.75) is 18.4 Å². The zero-order valence-corrected chi connectivity index (χ0v) is 14.3. The molecule has 0 aliphatic carbocycles. The molecular formula is C19H17NO3S. The smallest absolute Gasteiger partial charge is 0.339 e. The van der Waals surface area contributed by atoms with Crippen LogP contribution in [0.3, 0.4) is 0 Å². The lowest BCUT2D eigenvalue weighted by Crippen LogP contribution is -2.06. The SMILES string of the molecule is CSc1ccccc1C(=O)OCc1cc(-c2ccc(C)cc2)on1. The third kappa shape index (κ3) is 3.68. The molecular weight excluding hydrogens is 322 g/mol. The topological polar surface area (TPSA) is 52.3 Å². The molecule has 0 atom stereocenters. The molecule has 0 saturated carbocycles. The molecule has 0 radical (unpaired) electrons. The van der Waals surface area contributed by atoms with Gasteiger partial charge in [0, 0.05) is 16.5 Å². The Balaban J connectivity index is 1.67. The van der Waals surface area contributed by atoms with Gasteiger partial charge in [0.15, 0.2) is 5.76 Å². The summed E-state index contributed by atoms with van der Waals surface area (Å²) in [5, 5.41) is 3.97. The molecule has 0 saturated heterocycles. The van der Waals surface area contributed by atoms with Crippen molar-refractivity contribution in [3.05, 3.63) is 71.4 Å². The van der Waals surface area contributed by atoms with Crippen molar-refractivity contribution >= 4 is 17.7 Å². The van der Waals surface area contributed by atoms with Crippen LogP contribution in [0.15, 0.2) is 64.0 Å². The Morgan fingerprint density at radius 1 is 1.17 bits per heavy atom. The highest BCUT2D eigenvalue weighted by Crippen LogP contribution is 2.23. The van der Waals surface area contributed by atoms with Gasteiger partial charge in [-0.2, -0.15) is 0 Å². The molecule has 5 heteroatoms. The number of benzene rings is 2. The Labute approximate surface area is 144 Å². The zero-order valence-electron chi connectivity index (χ0n) is 13.5. The summed E-state index contributed by atoms with van der Waals surface area (Å²) in [4.78, 5) is 13.1. The standard InChI is InChI=1S/C19H17NO3S/c1-13-7-9-14(10-8-13)17-11-15(20-23-17)12-22-19(21)16-5-3-4-6-18(16)24-2/h3-11H,12H2,1-2H3. The molecule has 0 aliphatic rings. The van der Waals surface area contributed by atoms with E-state index in [0.29, 0.717) is 17.0 Å². The Kier molecular flexibility index (Phi) is 5.01. The van der Waals surface area contributed by atoms with Crippen LogP contribution in [0.25, 0.3) is 11.3 Å². The predicted octanol–water partition coefficient (Wildman–Crippen LogP) is 4.73. The summed E-state index contributed by atoms with van der Waals surface area (Å²) in [6, 6.07) is 17.1. The maximum Gasteiger partial charge on any atom is 0.339 e. The van der Waals surface area contributed by atoms with Crippen LogP contribution in [0.2, 0.25) is 0 Å². The molecule has 3 rings (SSSR count). The second-order valence-corrected chi connectivity index (χ2v) is 6.17. The van der Waals surface area contributed by atoms with Gasteiger partial charge in [-0.1, -0.05) is 47.1 Å². The highest BCUT2D eigenvalue weighted by atomic mass is 32.2. The van der Waals surface area contributed by atoms with Gasteiger partial charge in [-0.05, 0) is 25.3 Å². The highest BCUT2D eigenvalue weighted by Gasteiger charge is 2.13. The predicted molar refractivity (Wildman–Crippen MR) is 94.0 cm³/mol. The van der Waals surface area contributed by atoms with Crippen LogP contribution in [0, 0.1) is 6.92 Å². The van der Waals surface area contributed by atoms with E-state index in [2.05, 4.69) is 5.16 Å². The minimum Gasteiger partial charge on any atom is -0.455 e. The molecule has 1 aromatic heterocycles. The number of aryl methyl sites for hydroxylation is 1. The van der Waals surface area contributed by atoms with Crippen molar-refractivity contribution in [3.8, 4) is 11.3 Å². The van der Waals surface area contributed by atoms with Gasteiger partial charge in [0.25, 0.3) is 0 Å². The summed E-state index contributed by atoms with van der Waals surface area (Å²) in [5.41, 5.74) is 3.27. The van der Waals surface area contributed by atoms with E-state index in [1.54, 1.807) is 12.1 Å². The second-order valence-electron chi connectivity index (χ2n) is 5.32. The molecule has 1 heterocycles. The van der Waals surface area contributed by atoms with E-state index in [1.807, 2.05) is 55.6 Å². The maximum absolute atomic E-state index is 12.2. The van der Waals surface area contributed by atoms with E-state index in [4.69, 9.17) is 9.26 Å². The molecule has 3 aromatic rings. The first kappa shape index (κ1) is 16.3. The van der Waals surface area contributed by atoms with Gasteiger partial charge in [0.1, 0.15) is 12.3 Å². The Hall–Kier alpha value is -2.53. The van der Waals surface area contributed by atoms with Gasteiger partial charge < -0.3 is 9.26 Å². The molecule has 4 nitrogen and oxygen atoms in total. The monoisotopic (exact) mass is 339 g/mol. The second kappa shape index (κ2) is 7.36. The highest BCUT2D eigenvalue weighted by molar-refractivity contribution is 7.98. The molecule has 24 heavy (non-hydrogen) atoms. The lowest BCUT2D eigenvalue weighted by Gasteiger charge is -2.06. The minimum atomic E-state index is -0.361. The van der Waals surface area contributed by atoms with Crippen LogP contribution in [-0.2, 0) is 11.3 Å².